The van der Waals surface area contributed by atoms with E-state index in [0.29, 0.717) is 10.3 Å². The Morgan fingerprint density at radius 2 is 2.44 bits per heavy atom. The van der Waals surface area contributed by atoms with E-state index in [9.17, 15) is 10.1 Å². The third-order valence-electron chi connectivity index (χ3n) is 3.16. The minimum Gasteiger partial charge on any atom is -0.350 e. The molecule has 2 rings (SSSR count). The number of nitrogens with one attached hydrogen (secondary N) is 1. The standard InChI is InChI=1S/C11H15BrN4O2/c1-15(9-3-2-4-13-7-9)11-10(16(17)18)5-8(12)6-14-11/h5-6,9,13H,2-4,7H2,1H3. The topological polar surface area (TPSA) is 71.3 Å². The summed E-state index contributed by atoms with van der Waals surface area (Å²) in [6.07, 6.45) is 3.70. The summed E-state index contributed by atoms with van der Waals surface area (Å²) in [5.74, 6) is 0.428. The quantitative estimate of drug-likeness (QED) is 0.682. The Kier molecular flexibility index (Phi) is 4.13. The molecule has 1 fully saturated rings. The van der Waals surface area contributed by atoms with Crippen LogP contribution in [0.2, 0.25) is 0 Å². The van der Waals surface area contributed by atoms with Crippen molar-refractivity contribution < 1.29 is 4.92 Å². The van der Waals surface area contributed by atoms with Crippen molar-refractivity contribution >= 4 is 27.4 Å². The SMILES string of the molecule is CN(c1ncc(Br)cc1[N+](=O)[O-])C1CCCNC1. The fraction of sp³-hybridized carbons (Fsp3) is 0.545. The zero-order valence-corrected chi connectivity index (χ0v) is 11.7. The Labute approximate surface area is 114 Å². The van der Waals surface area contributed by atoms with Gasteiger partial charge < -0.3 is 10.2 Å². The number of aromatic nitrogens is 1. The van der Waals surface area contributed by atoms with Crippen LogP contribution in [0.1, 0.15) is 12.8 Å². The first-order chi connectivity index (χ1) is 8.59. The van der Waals surface area contributed by atoms with Gasteiger partial charge in [0.05, 0.1) is 4.92 Å². The maximum absolute atomic E-state index is 11.1. The molecule has 18 heavy (non-hydrogen) atoms. The van der Waals surface area contributed by atoms with Gasteiger partial charge in [0.2, 0.25) is 5.82 Å². The fourth-order valence-electron chi connectivity index (χ4n) is 2.16. The number of nitrogens with zero attached hydrogens (tertiary/aromatic N) is 3. The van der Waals surface area contributed by atoms with Crippen LogP contribution in [0.5, 0.6) is 0 Å². The van der Waals surface area contributed by atoms with E-state index in [4.69, 9.17) is 0 Å². The Morgan fingerprint density at radius 1 is 1.67 bits per heavy atom. The molecule has 0 saturated carbocycles. The Balaban J connectivity index is 2.28. The zero-order chi connectivity index (χ0) is 13.1. The molecule has 0 radical (unpaired) electrons. The Hall–Kier alpha value is -1.21. The Morgan fingerprint density at radius 3 is 3.06 bits per heavy atom. The maximum atomic E-state index is 11.1. The van der Waals surface area contributed by atoms with Gasteiger partial charge in [0.25, 0.3) is 0 Å². The molecule has 98 valence electrons. The second-order valence-corrected chi connectivity index (χ2v) is 5.28. The van der Waals surface area contributed by atoms with Crippen molar-refractivity contribution in [1.29, 1.82) is 0 Å². The molecule has 0 amide bonds. The second-order valence-electron chi connectivity index (χ2n) is 4.36. The largest absolute Gasteiger partial charge is 0.350 e. The van der Waals surface area contributed by atoms with Gasteiger partial charge in [-0.25, -0.2) is 4.98 Å². The summed E-state index contributed by atoms with van der Waals surface area (Å²) < 4.78 is 0.619. The predicted octanol–water partition coefficient (Wildman–Crippen LogP) is 1.94. The summed E-state index contributed by atoms with van der Waals surface area (Å²) in [6.45, 7) is 1.85. The molecular formula is C11H15BrN4O2. The van der Waals surface area contributed by atoms with Gasteiger partial charge in [0.1, 0.15) is 0 Å². The zero-order valence-electron chi connectivity index (χ0n) is 10.1. The van der Waals surface area contributed by atoms with Crippen molar-refractivity contribution in [3.63, 3.8) is 0 Å². The van der Waals surface area contributed by atoms with Crippen molar-refractivity contribution in [2.75, 3.05) is 25.0 Å². The number of halogens is 1. The lowest BCUT2D eigenvalue weighted by Gasteiger charge is -2.32. The van der Waals surface area contributed by atoms with Crippen molar-refractivity contribution in [2.24, 2.45) is 0 Å². The molecule has 2 heterocycles. The molecule has 1 aromatic rings. The molecule has 1 aliphatic heterocycles. The lowest BCUT2D eigenvalue weighted by Crippen LogP contribution is -2.44. The van der Waals surface area contributed by atoms with Crippen LogP contribution in [0, 0.1) is 10.1 Å². The first-order valence-corrected chi connectivity index (χ1v) is 6.62. The average Bonchev–Trinajstić information content (AvgIpc) is 2.39. The van der Waals surface area contributed by atoms with E-state index in [1.54, 1.807) is 6.20 Å². The van der Waals surface area contributed by atoms with E-state index in [-0.39, 0.29) is 16.7 Å². The molecule has 1 unspecified atom stereocenters. The first-order valence-electron chi connectivity index (χ1n) is 5.83. The molecule has 0 spiro atoms. The number of likely N-dealkylation sites (N-methyl/N-ethyl adjacent to an activating group) is 1. The van der Waals surface area contributed by atoms with E-state index < -0.39 is 0 Å². The summed E-state index contributed by atoms with van der Waals surface area (Å²) in [5, 5.41) is 14.4. The smallest absolute Gasteiger partial charge is 0.312 e. The van der Waals surface area contributed by atoms with Gasteiger partial charge in [-0.15, -0.1) is 0 Å². The minimum absolute atomic E-state index is 0.0393. The number of hydrogen-bond donors (Lipinski definition) is 1. The van der Waals surface area contributed by atoms with Gasteiger partial charge in [-0.3, -0.25) is 10.1 Å². The second kappa shape index (κ2) is 5.62. The van der Waals surface area contributed by atoms with Crippen molar-refractivity contribution in [3.05, 3.63) is 26.9 Å². The van der Waals surface area contributed by atoms with Gasteiger partial charge >= 0.3 is 5.69 Å². The molecule has 7 heteroatoms. The van der Waals surface area contributed by atoms with Crippen molar-refractivity contribution in [1.82, 2.24) is 10.3 Å². The molecule has 0 aromatic carbocycles. The van der Waals surface area contributed by atoms with Gasteiger partial charge in [-0.1, -0.05) is 0 Å². The molecule has 6 nitrogen and oxygen atoms in total. The van der Waals surface area contributed by atoms with E-state index in [1.165, 1.54) is 6.07 Å². The minimum atomic E-state index is -0.389. The molecule has 1 aliphatic rings. The lowest BCUT2D eigenvalue weighted by atomic mass is 10.1. The fourth-order valence-corrected chi connectivity index (χ4v) is 2.48. The monoisotopic (exact) mass is 314 g/mol. The Bertz CT molecular complexity index is 449. The molecule has 1 aromatic heterocycles. The van der Waals surface area contributed by atoms with Gasteiger partial charge in [0.15, 0.2) is 0 Å². The van der Waals surface area contributed by atoms with Crippen LogP contribution in [0.3, 0.4) is 0 Å². The van der Waals surface area contributed by atoms with Crippen LogP contribution >= 0.6 is 15.9 Å². The number of rotatable bonds is 3. The summed E-state index contributed by atoms with van der Waals surface area (Å²) in [6, 6.07) is 1.75. The number of pyridine rings is 1. The van der Waals surface area contributed by atoms with Gasteiger partial charge in [-0.05, 0) is 35.3 Å². The first kappa shape index (κ1) is 13.2. The summed E-state index contributed by atoms with van der Waals surface area (Å²) >= 11 is 3.21. The molecule has 0 bridgehead atoms. The number of nitro groups is 1. The van der Waals surface area contributed by atoms with Crippen LogP contribution in [-0.4, -0.2) is 36.1 Å². The third kappa shape index (κ3) is 2.78. The van der Waals surface area contributed by atoms with Gasteiger partial charge in [0, 0.05) is 36.4 Å². The summed E-state index contributed by atoms with van der Waals surface area (Å²) in [7, 11) is 1.86. The van der Waals surface area contributed by atoms with Crippen LogP contribution < -0.4 is 10.2 Å². The highest BCUT2D eigenvalue weighted by Crippen LogP contribution is 2.29. The lowest BCUT2D eigenvalue weighted by molar-refractivity contribution is -0.384. The molecular weight excluding hydrogens is 300 g/mol. The predicted molar refractivity (Wildman–Crippen MR) is 72.9 cm³/mol. The summed E-state index contributed by atoms with van der Waals surface area (Å²) in [5.41, 5.74) is 0.0393. The maximum Gasteiger partial charge on any atom is 0.312 e. The number of anilines is 1. The highest BCUT2D eigenvalue weighted by atomic mass is 79.9. The van der Waals surface area contributed by atoms with Crippen LogP contribution in [-0.2, 0) is 0 Å². The van der Waals surface area contributed by atoms with Crippen LogP contribution in [0.15, 0.2) is 16.7 Å². The number of piperidine rings is 1. The van der Waals surface area contributed by atoms with Crippen molar-refractivity contribution in [2.45, 2.75) is 18.9 Å². The normalized spacial score (nSPS) is 19.6. The highest BCUT2D eigenvalue weighted by Gasteiger charge is 2.25. The van der Waals surface area contributed by atoms with E-state index >= 15 is 0 Å². The van der Waals surface area contributed by atoms with Crippen molar-refractivity contribution in [3.8, 4) is 0 Å². The third-order valence-corrected chi connectivity index (χ3v) is 3.60. The van der Waals surface area contributed by atoms with Gasteiger partial charge in [-0.2, -0.15) is 0 Å². The number of hydrogen-bond acceptors (Lipinski definition) is 5. The molecule has 1 N–H and O–H groups in total. The molecule has 1 saturated heterocycles. The highest BCUT2D eigenvalue weighted by molar-refractivity contribution is 9.10. The van der Waals surface area contributed by atoms with Crippen LogP contribution in [0.4, 0.5) is 11.5 Å². The van der Waals surface area contributed by atoms with E-state index in [1.807, 2.05) is 11.9 Å². The summed E-state index contributed by atoms with van der Waals surface area (Å²) in [4.78, 5) is 16.8. The average molecular weight is 315 g/mol. The van der Waals surface area contributed by atoms with E-state index in [0.717, 1.165) is 25.9 Å². The molecule has 0 aliphatic carbocycles. The van der Waals surface area contributed by atoms with Crippen LogP contribution in [0.25, 0.3) is 0 Å². The molecule has 1 atom stereocenters. The van der Waals surface area contributed by atoms with E-state index in [2.05, 4.69) is 26.2 Å².